The average molecular weight is 248 g/mol. The Morgan fingerprint density at radius 2 is 1.60 bits per heavy atom. The Bertz CT molecular complexity index is 464. The number of H-pyrrole nitrogens is 2. The highest BCUT2D eigenvalue weighted by molar-refractivity contribution is 5.85. The Labute approximate surface area is 98.7 Å². The monoisotopic (exact) mass is 247 g/mol. The maximum Gasteiger partial charge on any atom is 0.287 e. The Balaban J connectivity index is 0.000000980. The first-order chi connectivity index (χ1) is 6.29. The molecule has 0 unspecified atom stereocenters. The van der Waals surface area contributed by atoms with E-state index in [1.165, 1.54) is 0 Å². The van der Waals surface area contributed by atoms with Crippen molar-refractivity contribution in [2.24, 2.45) is 0 Å². The molecule has 0 saturated heterocycles. The van der Waals surface area contributed by atoms with Crippen LogP contribution in [0.25, 0.3) is 11.3 Å². The fourth-order valence-electron chi connectivity index (χ4n) is 1.20. The maximum absolute atomic E-state index is 11.0. The highest BCUT2D eigenvalue weighted by Gasteiger charge is 2.06. The molecule has 2 rings (SSSR count). The van der Waals surface area contributed by atoms with Gasteiger partial charge in [0.25, 0.3) is 5.56 Å². The van der Waals surface area contributed by atoms with Crippen LogP contribution >= 0.6 is 24.8 Å². The molecule has 0 spiro atoms. The number of aromatic nitrogens is 2. The van der Waals surface area contributed by atoms with Gasteiger partial charge in [0, 0.05) is 5.56 Å². The van der Waals surface area contributed by atoms with Crippen molar-refractivity contribution in [2.45, 2.75) is 0 Å². The molecule has 4 N–H and O–H groups in total. The second-order valence-corrected chi connectivity index (χ2v) is 2.73. The topological polar surface area (TPSA) is 74.7 Å². The van der Waals surface area contributed by atoms with Crippen LogP contribution in [0.15, 0.2) is 35.1 Å². The smallest absolute Gasteiger partial charge is 0.287 e. The predicted molar refractivity (Wildman–Crippen MR) is 65.8 cm³/mol. The van der Waals surface area contributed by atoms with Crippen LogP contribution < -0.4 is 11.3 Å². The third-order valence-electron chi connectivity index (χ3n) is 1.88. The minimum absolute atomic E-state index is 0. The van der Waals surface area contributed by atoms with E-state index in [0.29, 0.717) is 5.69 Å². The molecule has 0 radical (unpaired) electrons. The Hall–Kier alpha value is -1.39. The number of hydrogen-bond donors (Lipinski definition) is 3. The first-order valence-electron chi connectivity index (χ1n) is 3.90. The van der Waals surface area contributed by atoms with Gasteiger partial charge in [0.1, 0.15) is 5.69 Å². The largest absolute Gasteiger partial charge is 0.392 e. The number of nitrogens with two attached hydrogens (primary N) is 1. The van der Waals surface area contributed by atoms with E-state index in [2.05, 4.69) is 10.2 Å². The van der Waals surface area contributed by atoms with E-state index in [1.807, 2.05) is 30.3 Å². The molecular weight excluding hydrogens is 237 g/mol. The number of anilines is 1. The van der Waals surface area contributed by atoms with Crippen molar-refractivity contribution in [3.63, 3.8) is 0 Å². The summed E-state index contributed by atoms with van der Waals surface area (Å²) in [6, 6.07) is 9.45. The molecule has 0 saturated carbocycles. The van der Waals surface area contributed by atoms with E-state index in [0.717, 1.165) is 5.56 Å². The summed E-state index contributed by atoms with van der Waals surface area (Å²) in [6.45, 7) is 0. The van der Waals surface area contributed by atoms with Gasteiger partial charge in [-0.2, -0.15) is 0 Å². The number of halogens is 2. The van der Waals surface area contributed by atoms with Gasteiger partial charge in [-0.05, 0) is 0 Å². The minimum atomic E-state index is -0.279. The standard InChI is InChI=1S/C9H9N3O.2ClH/c10-7-8(11-12-9(7)13)6-4-2-1-3-5-6;;/h1-5H,10H2,(H2,11,12,13);2*1H. The normalized spacial score (nSPS) is 8.80. The van der Waals surface area contributed by atoms with Crippen molar-refractivity contribution in [1.29, 1.82) is 0 Å². The van der Waals surface area contributed by atoms with Gasteiger partial charge >= 0.3 is 0 Å². The van der Waals surface area contributed by atoms with Crippen molar-refractivity contribution < 1.29 is 0 Å². The number of rotatable bonds is 1. The zero-order chi connectivity index (χ0) is 9.26. The number of nitrogen functional groups attached to an aromatic ring is 1. The van der Waals surface area contributed by atoms with E-state index in [9.17, 15) is 4.79 Å². The Kier molecular flexibility index (Phi) is 4.97. The number of hydrogen-bond acceptors (Lipinski definition) is 2. The quantitative estimate of drug-likeness (QED) is 0.719. The molecule has 0 bridgehead atoms. The molecule has 1 aromatic heterocycles. The highest BCUT2D eigenvalue weighted by atomic mass is 35.5. The summed E-state index contributed by atoms with van der Waals surface area (Å²) in [5.74, 6) is 0. The van der Waals surface area contributed by atoms with Gasteiger partial charge in [0.15, 0.2) is 0 Å². The molecule has 0 amide bonds. The minimum Gasteiger partial charge on any atom is -0.392 e. The average Bonchev–Trinajstić information content (AvgIpc) is 2.49. The summed E-state index contributed by atoms with van der Waals surface area (Å²) in [5.41, 5.74) is 7.05. The van der Waals surface area contributed by atoms with E-state index < -0.39 is 0 Å². The van der Waals surface area contributed by atoms with Gasteiger partial charge in [0.05, 0.1) is 5.69 Å². The molecule has 15 heavy (non-hydrogen) atoms. The predicted octanol–water partition coefficient (Wildman–Crippen LogP) is 1.80. The summed E-state index contributed by atoms with van der Waals surface area (Å²) in [6.07, 6.45) is 0. The van der Waals surface area contributed by atoms with Crippen LogP contribution in [0.3, 0.4) is 0 Å². The molecule has 0 aliphatic heterocycles. The first-order valence-corrected chi connectivity index (χ1v) is 3.90. The van der Waals surface area contributed by atoms with Gasteiger partial charge in [-0.3, -0.25) is 15.0 Å². The zero-order valence-corrected chi connectivity index (χ0v) is 9.32. The molecule has 82 valence electrons. The van der Waals surface area contributed by atoms with E-state index in [1.54, 1.807) is 0 Å². The number of aromatic amines is 2. The van der Waals surface area contributed by atoms with Crippen LogP contribution in [0.1, 0.15) is 0 Å². The number of benzene rings is 1. The third-order valence-corrected chi connectivity index (χ3v) is 1.88. The highest BCUT2D eigenvalue weighted by Crippen LogP contribution is 2.18. The molecule has 2 aromatic rings. The molecule has 6 heteroatoms. The molecule has 1 aromatic carbocycles. The molecule has 4 nitrogen and oxygen atoms in total. The van der Waals surface area contributed by atoms with Gasteiger partial charge in [0.2, 0.25) is 0 Å². The van der Waals surface area contributed by atoms with Crippen LogP contribution in [0.5, 0.6) is 0 Å². The van der Waals surface area contributed by atoms with Crippen LogP contribution in [0, 0.1) is 0 Å². The molecule has 0 atom stereocenters. The lowest BCUT2D eigenvalue weighted by atomic mass is 10.1. The van der Waals surface area contributed by atoms with Crippen LogP contribution in [0.4, 0.5) is 5.69 Å². The molecule has 1 heterocycles. The summed E-state index contributed by atoms with van der Waals surface area (Å²) >= 11 is 0. The van der Waals surface area contributed by atoms with E-state index in [-0.39, 0.29) is 36.1 Å². The van der Waals surface area contributed by atoms with Crippen molar-refractivity contribution in [2.75, 3.05) is 5.73 Å². The third kappa shape index (κ3) is 2.55. The zero-order valence-electron chi connectivity index (χ0n) is 7.69. The number of nitrogens with one attached hydrogen (secondary N) is 2. The van der Waals surface area contributed by atoms with Crippen molar-refractivity contribution >= 4 is 30.5 Å². The Morgan fingerprint density at radius 1 is 1.00 bits per heavy atom. The van der Waals surface area contributed by atoms with Crippen molar-refractivity contribution in [3.8, 4) is 11.3 Å². The van der Waals surface area contributed by atoms with Crippen molar-refractivity contribution in [1.82, 2.24) is 10.2 Å². The summed E-state index contributed by atoms with van der Waals surface area (Å²) in [7, 11) is 0. The second-order valence-electron chi connectivity index (χ2n) is 2.73. The van der Waals surface area contributed by atoms with Gasteiger partial charge in [-0.25, -0.2) is 0 Å². The Morgan fingerprint density at radius 3 is 2.07 bits per heavy atom. The summed E-state index contributed by atoms with van der Waals surface area (Å²) in [4.78, 5) is 11.0. The van der Waals surface area contributed by atoms with Crippen LogP contribution in [-0.2, 0) is 0 Å². The fourth-order valence-corrected chi connectivity index (χ4v) is 1.20. The lowest BCUT2D eigenvalue weighted by Gasteiger charge is -1.96. The van der Waals surface area contributed by atoms with E-state index >= 15 is 0 Å². The fraction of sp³-hybridized carbons (Fsp3) is 0. The lowest BCUT2D eigenvalue weighted by Crippen LogP contribution is -2.04. The van der Waals surface area contributed by atoms with Crippen molar-refractivity contribution in [3.05, 3.63) is 40.7 Å². The van der Waals surface area contributed by atoms with Crippen LogP contribution in [0.2, 0.25) is 0 Å². The van der Waals surface area contributed by atoms with E-state index in [4.69, 9.17) is 5.73 Å². The SMILES string of the molecule is Cl.Cl.Nc1c(-c2ccccc2)[nH][nH]c1=O. The van der Waals surface area contributed by atoms with Crippen LogP contribution in [-0.4, -0.2) is 10.2 Å². The molecular formula is C9H11Cl2N3O. The molecule has 0 fully saturated rings. The molecule has 0 aliphatic carbocycles. The maximum atomic E-state index is 11.0. The van der Waals surface area contributed by atoms with Gasteiger partial charge in [-0.1, -0.05) is 30.3 Å². The van der Waals surface area contributed by atoms with Gasteiger partial charge < -0.3 is 5.73 Å². The lowest BCUT2D eigenvalue weighted by molar-refractivity contribution is 1.06. The summed E-state index contributed by atoms with van der Waals surface area (Å²) in [5, 5.41) is 5.16. The molecule has 0 aliphatic rings. The first kappa shape index (κ1) is 13.6. The second kappa shape index (κ2) is 5.48. The summed E-state index contributed by atoms with van der Waals surface area (Å²) < 4.78 is 0. The van der Waals surface area contributed by atoms with Gasteiger partial charge in [-0.15, -0.1) is 24.8 Å².